The second-order valence-electron chi connectivity index (χ2n) is 5.18. The Balaban J connectivity index is 1.62. The molecular formula is C16H20N2O. The molecule has 3 nitrogen and oxygen atoms in total. The molecule has 0 atom stereocenters. The molecule has 1 N–H and O–H groups in total. The number of hydrogen-bond donors (Lipinski definition) is 1. The molecule has 0 radical (unpaired) electrons. The monoisotopic (exact) mass is 256 g/mol. The van der Waals surface area contributed by atoms with Crippen molar-refractivity contribution in [2.75, 3.05) is 19.7 Å². The van der Waals surface area contributed by atoms with Crippen molar-refractivity contribution < 1.29 is 4.74 Å². The number of ether oxygens (including phenoxy) is 1. The van der Waals surface area contributed by atoms with E-state index in [1.165, 1.54) is 12.8 Å². The van der Waals surface area contributed by atoms with Crippen molar-refractivity contribution in [2.45, 2.75) is 19.3 Å². The van der Waals surface area contributed by atoms with Gasteiger partial charge >= 0.3 is 0 Å². The molecule has 3 rings (SSSR count). The lowest BCUT2D eigenvalue weighted by Crippen LogP contribution is -2.28. The third kappa shape index (κ3) is 3.04. The van der Waals surface area contributed by atoms with E-state index >= 15 is 0 Å². The Morgan fingerprint density at radius 3 is 3.00 bits per heavy atom. The van der Waals surface area contributed by atoms with Gasteiger partial charge in [-0.2, -0.15) is 0 Å². The first-order valence-corrected chi connectivity index (χ1v) is 7.10. The SMILES string of the molecule is c1cc(OCCC2CCNCC2)c2ccncc2c1. The van der Waals surface area contributed by atoms with Gasteiger partial charge in [0.2, 0.25) is 0 Å². The Kier molecular flexibility index (Phi) is 3.94. The number of piperidine rings is 1. The van der Waals surface area contributed by atoms with E-state index in [-0.39, 0.29) is 0 Å². The van der Waals surface area contributed by atoms with Crippen LogP contribution >= 0.6 is 0 Å². The summed E-state index contributed by atoms with van der Waals surface area (Å²) in [5, 5.41) is 5.70. The molecule has 0 saturated carbocycles. The maximum atomic E-state index is 5.97. The Hall–Kier alpha value is -1.61. The maximum Gasteiger partial charge on any atom is 0.127 e. The standard InChI is InChI=1S/C16H20N2O/c1-2-14-12-18-10-6-15(14)16(3-1)19-11-7-13-4-8-17-9-5-13/h1-3,6,10,12-13,17H,4-5,7-9,11H2. The third-order valence-corrected chi connectivity index (χ3v) is 3.88. The molecule has 1 aliphatic heterocycles. The zero-order chi connectivity index (χ0) is 12.9. The third-order valence-electron chi connectivity index (χ3n) is 3.88. The second kappa shape index (κ2) is 6.02. The molecule has 1 aliphatic rings. The maximum absolute atomic E-state index is 5.97. The predicted octanol–water partition coefficient (Wildman–Crippen LogP) is 3.00. The summed E-state index contributed by atoms with van der Waals surface area (Å²) in [5.74, 6) is 1.80. The second-order valence-corrected chi connectivity index (χ2v) is 5.18. The smallest absolute Gasteiger partial charge is 0.127 e. The molecule has 2 heterocycles. The molecule has 19 heavy (non-hydrogen) atoms. The average molecular weight is 256 g/mol. The highest BCUT2D eigenvalue weighted by molar-refractivity contribution is 5.87. The summed E-state index contributed by atoms with van der Waals surface area (Å²) in [6, 6.07) is 8.17. The highest BCUT2D eigenvalue weighted by Gasteiger charge is 2.12. The van der Waals surface area contributed by atoms with Crippen LogP contribution < -0.4 is 10.1 Å². The Bertz CT molecular complexity index is 530. The lowest BCUT2D eigenvalue weighted by Gasteiger charge is -2.22. The van der Waals surface area contributed by atoms with Gasteiger partial charge in [-0.25, -0.2) is 0 Å². The molecule has 0 amide bonds. The van der Waals surface area contributed by atoms with Crippen molar-refractivity contribution in [3.05, 3.63) is 36.7 Å². The van der Waals surface area contributed by atoms with Gasteiger partial charge in [0.1, 0.15) is 5.75 Å². The molecule has 0 bridgehead atoms. The zero-order valence-corrected chi connectivity index (χ0v) is 11.1. The van der Waals surface area contributed by atoms with E-state index in [0.29, 0.717) is 0 Å². The molecule has 1 aromatic carbocycles. The van der Waals surface area contributed by atoms with E-state index in [1.807, 2.05) is 30.6 Å². The van der Waals surface area contributed by atoms with Crippen LogP contribution in [0.5, 0.6) is 5.75 Å². The van der Waals surface area contributed by atoms with E-state index in [1.54, 1.807) is 0 Å². The number of aromatic nitrogens is 1. The van der Waals surface area contributed by atoms with Crippen molar-refractivity contribution in [1.29, 1.82) is 0 Å². The van der Waals surface area contributed by atoms with E-state index in [0.717, 1.165) is 48.6 Å². The van der Waals surface area contributed by atoms with Gasteiger partial charge in [0.15, 0.2) is 0 Å². The first-order chi connectivity index (χ1) is 9.43. The van der Waals surface area contributed by atoms with E-state index in [4.69, 9.17) is 4.74 Å². The van der Waals surface area contributed by atoms with E-state index in [9.17, 15) is 0 Å². The van der Waals surface area contributed by atoms with E-state index < -0.39 is 0 Å². The lowest BCUT2D eigenvalue weighted by molar-refractivity contribution is 0.254. The summed E-state index contributed by atoms with van der Waals surface area (Å²) < 4.78 is 5.97. The van der Waals surface area contributed by atoms with Crippen LogP contribution in [0.25, 0.3) is 10.8 Å². The fourth-order valence-corrected chi connectivity index (χ4v) is 2.72. The van der Waals surface area contributed by atoms with Crippen molar-refractivity contribution in [1.82, 2.24) is 10.3 Å². The molecule has 100 valence electrons. The van der Waals surface area contributed by atoms with Crippen LogP contribution in [0.2, 0.25) is 0 Å². The highest BCUT2D eigenvalue weighted by atomic mass is 16.5. The quantitative estimate of drug-likeness (QED) is 0.913. The summed E-state index contributed by atoms with van der Waals surface area (Å²) in [6.07, 6.45) is 7.42. The number of pyridine rings is 1. The van der Waals surface area contributed by atoms with Crippen LogP contribution in [0.4, 0.5) is 0 Å². The molecule has 3 heteroatoms. The van der Waals surface area contributed by atoms with Crippen LogP contribution in [-0.2, 0) is 0 Å². The summed E-state index contributed by atoms with van der Waals surface area (Å²) in [5.41, 5.74) is 0. The minimum atomic E-state index is 0.812. The predicted molar refractivity (Wildman–Crippen MR) is 77.4 cm³/mol. The summed E-state index contributed by atoms with van der Waals surface area (Å²) in [4.78, 5) is 4.15. The number of nitrogens with zero attached hydrogens (tertiary/aromatic N) is 1. The minimum Gasteiger partial charge on any atom is -0.493 e. The van der Waals surface area contributed by atoms with Gasteiger partial charge in [-0.05, 0) is 50.4 Å². The number of nitrogens with one attached hydrogen (secondary N) is 1. The molecule has 1 saturated heterocycles. The molecule has 1 fully saturated rings. The fraction of sp³-hybridized carbons (Fsp3) is 0.438. The van der Waals surface area contributed by atoms with Crippen LogP contribution in [0.15, 0.2) is 36.7 Å². The first kappa shape index (κ1) is 12.4. The number of hydrogen-bond acceptors (Lipinski definition) is 3. The minimum absolute atomic E-state index is 0.812. The molecule has 2 aromatic rings. The zero-order valence-electron chi connectivity index (χ0n) is 11.1. The summed E-state index contributed by atoms with van der Waals surface area (Å²) >= 11 is 0. The summed E-state index contributed by atoms with van der Waals surface area (Å²) in [6.45, 7) is 3.13. The topological polar surface area (TPSA) is 34.1 Å². The Morgan fingerprint density at radius 1 is 1.21 bits per heavy atom. The van der Waals surface area contributed by atoms with Gasteiger partial charge < -0.3 is 10.1 Å². The van der Waals surface area contributed by atoms with Gasteiger partial charge in [0, 0.05) is 23.2 Å². The first-order valence-electron chi connectivity index (χ1n) is 7.10. The van der Waals surface area contributed by atoms with Crippen LogP contribution in [0, 0.1) is 5.92 Å². The van der Waals surface area contributed by atoms with Gasteiger partial charge in [0.25, 0.3) is 0 Å². The van der Waals surface area contributed by atoms with Gasteiger partial charge in [-0.3, -0.25) is 4.98 Å². The van der Waals surface area contributed by atoms with Crippen molar-refractivity contribution in [3.8, 4) is 5.75 Å². The van der Waals surface area contributed by atoms with Crippen LogP contribution in [0.1, 0.15) is 19.3 Å². The Morgan fingerprint density at radius 2 is 2.11 bits per heavy atom. The van der Waals surface area contributed by atoms with Crippen LogP contribution in [0.3, 0.4) is 0 Å². The Labute approximate surface area is 114 Å². The molecular weight excluding hydrogens is 236 g/mol. The van der Waals surface area contributed by atoms with Gasteiger partial charge in [-0.15, -0.1) is 0 Å². The number of fused-ring (bicyclic) bond motifs is 1. The van der Waals surface area contributed by atoms with Crippen LogP contribution in [-0.4, -0.2) is 24.7 Å². The molecule has 1 aromatic heterocycles. The highest BCUT2D eigenvalue weighted by Crippen LogP contribution is 2.25. The van der Waals surface area contributed by atoms with Crippen molar-refractivity contribution >= 4 is 10.8 Å². The van der Waals surface area contributed by atoms with Gasteiger partial charge in [0.05, 0.1) is 6.61 Å². The fourth-order valence-electron chi connectivity index (χ4n) is 2.72. The molecule has 0 spiro atoms. The largest absolute Gasteiger partial charge is 0.493 e. The number of benzene rings is 1. The average Bonchev–Trinajstić information content (AvgIpc) is 2.49. The molecule has 0 aliphatic carbocycles. The molecule has 0 unspecified atom stereocenters. The number of rotatable bonds is 4. The lowest BCUT2D eigenvalue weighted by atomic mass is 9.95. The van der Waals surface area contributed by atoms with Crippen molar-refractivity contribution in [2.24, 2.45) is 5.92 Å². The normalized spacial score (nSPS) is 16.6. The van der Waals surface area contributed by atoms with Crippen molar-refractivity contribution in [3.63, 3.8) is 0 Å². The summed E-state index contributed by atoms with van der Waals surface area (Å²) in [7, 11) is 0. The van der Waals surface area contributed by atoms with Gasteiger partial charge in [-0.1, -0.05) is 12.1 Å². The van der Waals surface area contributed by atoms with E-state index in [2.05, 4.69) is 16.4 Å².